The number of rotatable bonds is 9. The van der Waals surface area contributed by atoms with Crippen LogP contribution in [-0.4, -0.2) is 31.5 Å². The van der Waals surface area contributed by atoms with Crippen molar-refractivity contribution in [1.29, 1.82) is 0 Å². The van der Waals surface area contributed by atoms with E-state index >= 15 is 0 Å². The molecule has 0 unspecified atom stereocenters. The average Bonchev–Trinajstić information content (AvgIpc) is 3.13. The summed E-state index contributed by atoms with van der Waals surface area (Å²) in [6, 6.07) is 11.6. The lowest BCUT2D eigenvalue weighted by molar-refractivity contribution is -0.116. The van der Waals surface area contributed by atoms with Crippen molar-refractivity contribution >= 4 is 74.6 Å². The third-order valence-electron chi connectivity index (χ3n) is 4.78. The average molecular weight is 556 g/mol. The van der Waals surface area contributed by atoms with Gasteiger partial charge in [0, 0.05) is 22.2 Å². The fourth-order valence-electron chi connectivity index (χ4n) is 3.12. The quantitative estimate of drug-likeness (QED) is 0.222. The van der Waals surface area contributed by atoms with Crippen LogP contribution >= 0.6 is 46.1 Å². The second kappa shape index (κ2) is 12.3. The summed E-state index contributed by atoms with van der Waals surface area (Å²) in [7, 11) is 1.23. The molecule has 3 rings (SSSR count). The highest BCUT2D eigenvalue weighted by Gasteiger charge is 2.26. The molecule has 0 saturated heterocycles. The van der Waals surface area contributed by atoms with E-state index in [0.29, 0.717) is 38.5 Å². The third-order valence-corrected chi connectivity index (χ3v) is 6.75. The standard InChI is InChI=1S/C24H21Cl3N2O5S/c1-13-20(24(32)33-2)23(35-21(13)22(31)28-16-6-3-5-14(25)11-16)29-19(30)7-4-10-34-18-9-8-15(26)12-17(18)27/h3,5-6,8-9,11-12H,4,7,10H2,1-2H3,(H,28,31)(H,29,30). The predicted octanol–water partition coefficient (Wildman–Crippen LogP) is 6.85. The summed E-state index contributed by atoms with van der Waals surface area (Å²) >= 11 is 18.9. The Hall–Kier alpha value is -2.78. The van der Waals surface area contributed by atoms with Gasteiger partial charge in [-0.05, 0) is 55.3 Å². The van der Waals surface area contributed by atoms with Gasteiger partial charge in [0.1, 0.15) is 10.8 Å². The van der Waals surface area contributed by atoms with Crippen LogP contribution in [0.3, 0.4) is 0 Å². The Labute approximate surface area is 221 Å². The summed E-state index contributed by atoms with van der Waals surface area (Å²) in [5.74, 6) is -0.970. The van der Waals surface area contributed by atoms with Crippen molar-refractivity contribution in [2.24, 2.45) is 0 Å². The van der Waals surface area contributed by atoms with E-state index in [1.807, 2.05) is 0 Å². The number of anilines is 2. The topological polar surface area (TPSA) is 93.7 Å². The Bertz CT molecular complexity index is 1260. The normalized spacial score (nSPS) is 10.5. The second-order valence-corrected chi connectivity index (χ2v) is 9.59. The predicted molar refractivity (Wildman–Crippen MR) is 140 cm³/mol. The minimum absolute atomic E-state index is 0.118. The highest BCUT2D eigenvalue weighted by Crippen LogP contribution is 2.34. The number of ether oxygens (including phenoxy) is 2. The van der Waals surface area contributed by atoms with Crippen LogP contribution in [0.1, 0.15) is 38.4 Å². The van der Waals surface area contributed by atoms with Gasteiger partial charge in [-0.3, -0.25) is 9.59 Å². The van der Waals surface area contributed by atoms with Crippen molar-refractivity contribution in [1.82, 2.24) is 0 Å². The molecule has 0 aliphatic carbocycles. The number of thiophene rings is 1. The lowest BCUT2D eigenvalue weighted by Gasteiger charge is -2.09. The molecule has 0 aliphatic rings. The number of hydrogen-bond acceptors (Lipinski definition) is 6. The number of nitrogens with one attached hydrogen (secondary N) is 2. The van der Waals surface area contributed by atoms with Gasteiger partial charge >= 0.3 is 5.97 Å². The van der Waals surface area contributed by atoms with Crippen LogP contribution in [0.25, 0.3) is 0 Å². The molecule has 184 valence electrons. The van der Waals surface area contributed by atoms with E-state index in [0.717, 1.165) is 11.3 Å². The number of amides is 2. The molecule has 35 heavy (non-hydrogen) atoms. The molecule has 2 aromatic carbocycles. The number of halogens is 3. The van der Waals surface area contributed by atoms with Crippen LogP contribution in [0.2, 0.25) is 15.1 Å². The Kier molecular flexibility index (Phi) is 9.40. The molecule has 0 spiro atoms. The Morgan fingerprint density at radius 3 is 2.43 bits per heavy atom. The maximum Gasteiger partial charge on any atom is 0.341 e. The second-order valence-electron chi connectivity index (χ2n) is 7.29. The van der Waals surface area contributed by atoms with E-state index in [-0.39, 0.29) is 34.4 Å². The third kappa shape index (κ3) is 7.11. The van der Waals surface area contributed by atoms with Gasteiger partial charge in [-0.25, -0.2) is 4.79 Å². The number of carbonyl (C=O) groups excluding carboxylic acids is 3. The van der Waals surface area contributed by atoms with Gasteiger partial charge in [-0.15, -0.1) is 11.3 Å². The molecular weight excluding hydrogens is 535 g/mol. The van der Waals surface area contributed by atoms with Crippen LogP contribution in [0.15, 0.2) is 42.5 Å². The zero-order chi connectivity index (χ0) is 25.5. The number of esters is 1. The summed E-state index contributed by atoms with van der Waals surface area (Å²) in [6.45, 7) is 1.87. The Morgan fingerprint density at radius 2 is 1.74 bits per heavy atom. The molecule has 0 saturated carbocycles. The SMILES string of the molecule is COC(=O)c1c(NC(=O)CCCOc2ccc(Cl)cc2Cl)sc(C(=O)Nc2cccc(Cl)c2)c1C. The zero-order valence-electron chi connectivity index (χ0n) is 18.7. The van der Waals surface area contributed by atoms with Crippen LogP contribution in [0.5, 0.6) is 5.75 Å². The van der Waals surface area contributed by atoms with Gasteiger partial charge in [-0.2, -0.15) is 0 Å². The van der Waals surface area contributed by atoms with Gasteiger partial charge in [0.25, 0.3) is 5.91 Å². The van der Waals surface area contributed by atoms with Crippen LogP contribution in [-0.2, 0) is 9.53 Å². The maximum absolute atomic E-state index is 12.9. The number of hydrogen-bond donors (Lipinski definition) is 2. The molecule has 1 heterocycles. The first-order valence-corrected chi connectivity index (χ1v) is 12.3. The first-order chi connectivity index (χ1) is 16.7. The minimum Gasteiger partial charge on any atom is -0.492 e. The van der Waals surface area contributed by atoms with E-state index < -0.39 is 11.9 Å². The fourth-order valence-corrected chi connectivity index (χ4v) is 4.88. The Balaban J connectivity index is 1.66. The molecule has 0 aliphatic heterocycles. The molecule has 2 amide bonds. The summed E-state index contributed by atoms with van der Waals surface area (Å²) in [6.07, 6.45) is 0.512. The lowest BCUT2D eigenvalue weighted by atomic mass is 10.1. The molecule has 1 aromatic heterocycles. The summed E-state index contributed by atoms with van der Waals surface area (Å²) in [4.78, 5) is 38.1. The largest absolute Gasteiger partial charge is 0.492 e. The highest BCUT2D eigenvalue weighted by atomic mass is 35.5. The minimum atomic E-state index is -0.656. The number of methoxy groups -OCH3 is 1. The van der Waals surface area contributed by atoms with E-state index in [2.05, 4.69) is 10.6 Å². The molecule has 7 nitrogen and oxygen atoms in total. The van der Waals surface area contributed by atoms with Gasteiger partial charge in [0.2, 0.25) is 5.91 Å². The molecular formula is C24H21Cl3N2O5S. The van der Waals surface area contributed by atoms with Crippen molar-refractivity contribution in [2.75, 3.05) is 24.4 Å². The van der Waals surface area contributed by atoms with Gasteiger partial charge < -0.3 is 20.1 Å². The van der Waals surface area contributed by atoms with Gasteiger partial charge in [0.15, 0.2) is 0 Å². The van der Waals surface area contributed by atoms with Crippen molar-refractivity contribution in [2.45, 2.75) is 19.8 Å². The first-order valence-electron chi connectivity index (χ1n) is 10.4. The van der Waals surface area contributed by atoms with Gasteiger partial charge in [-0.1, -0.05) is 40.9 Å². The Morgan fingerprint density at radius 1 is 1.00 bits per heavy atom. The molecule has 3 aromatic rings. The number of benzene rings is 2. The van der Waals surface area contributed by atoms with E-state index in [4.69, 9.17) is 44.3 Å². The molecule has 11 heteroatoms. The van der Waals surface area contributed by atoms with Gasteiger partial charge in [0.05, 0.1) is 29.2 Å². The maximum atomic E-state index is 12.9. The smallest absolute Gasteiger partial charge is 0.341 e. The van der Waals surface area contributed by atoms with Crippen molar-refractivity contribution in [3.63, 3.8) is 0 Å². The lowest BCUT2D eigenvalue weighted by Crippen LogP contribution is -2.15. The fraction of sp³-hybridized carbons (Fsp3) is 0.208. The summed E-state index contributed by atoms with van der Waals surface area (Å²) in [5.41, 5.74) is 1.03. The number of carbonyl (C=O) groups is 3. The van der Waals surface area contributed by atoms with E-state index in [1.165, 1.54) is 7.11 Å². The molecule has 2 N–H and O–H groups in total. The first kappa shape index (κ1) is 26.8. The molecule has 0 fully saturated rings. The summed E-state index contributed by atoms with van der Waals surface area (Å²) in [5, 5.41) is 7.03. The van der Waals surface area contributed by atoms with E-state index in [1.54, 1.807) is 49.4 Å². The monoisotopic (exact) mass is 554 g/mol. The van der Waals surface area contributed by atoms with Crippen molar-refractivity contribution in [3.05, 3.63) is 73.5 Å². The van der Waals surface area contributed by atoms with Crippen LogP contribution < -0.4 is 15.4 Å². The highest BCUT2D eigenvalue weighted by molar-refractivity contribution is 7.19. The van der Waals surface area contributed by atoms with Crippen molar-refractivity contribution < 1.29 is 23.9 Å². The molecule has 0 radical (unpaired) electrons. The summed E-state index contributed by atoms with van der Waals surface area (Å²) < 4.78 is 10.4. The van der Waals surface area contributed by atoms with Crippen LogP contribution in [0, 0.1) is 6.92 Å². The molecule has 0 bridgehead atoms. The van der Waals surface area contributed by atoms with E-state index in [9.17, 15) is 14.4 Å². The molecule has 0 atom stereocenters. The zero-order valence-corrected chi connectivity index (χ0v) is 21.8. The van der Waals surface area contributed by atoms with Crippen molar-refractivity contribution in [3.8, 4) is 5.75 Å². The van der Waals surface area contributed by atoms with Crippen LogP contribution in [0.4, 0.5) is 10.7 Å².